The summed E-state index contributed by atoms with van der Waals surface area (Å²) in [5, 5.41) is 0. The number of benzene rings is 1. The highest BCUT2D eigenvalue weighted by Gasteiger charge is 2.23. The van der Waals surface area contributed by atoms with Gasteiger partial charge in [-0.2, -0.15) is 11.8 Å². The number of ketones is 1. The normalized spacial score (nSPS) is 19.6. The molecule has 0 aromatic heterocycles. The number of Topliss-reactive ketones (excluding diaryl/α,β-unsaturated/α-hetero) is 1. The molecular weight excluding hydrogens is 316 g/mol. The second-order valence-corrected chi connectivity index (χ2v) is 6.04. The molecule has 1 saturated heterocycles. The van der Waals surface area contributed by atoms with Crippen LogP contribution in [0.15, 0.2) is 22.7 Å². The molecule has 0 radical (unpaired) electrons. The van der Waals surface area contributed by atoms with Gasteiger partial charge in [-0.1, -0.05) is 15.9 Å². The molecule has 18 heavy (non-hydrogen) atoms. The van der Waals surface area contributed by atoms with E-state index in [4.69, 9.17) is 9.47 Å². The topological polar surface area (TPSA) is 35.5 Å². The molecule has 0 amide bonds. The second-order valence-electron chi connectivity index (χ2n) is 4.03. The molecule has 0 aliphatic carbocycles. The van der Waals surface area contributed by atoms with E-state index in [-0.39, 0.29) is 11.9 Å². The van der Waals surface area contributed by atoms with Crippen molar-refractivity contribution < 1.29 is 14.3 Å². The molecule has 5 heteroatoms. The Morgan fingerprint density at radius 1 is 1.61 bits per heavy atom. The largest absolute Gasteiger partial charge is 0.497 e. The van der Waals surface area contributed by atoms with Crippen molar-refractivity contribution in [3.05, 3.63) is 28.2 Å². The average molecular weight is 331 g/mol. The van der Waals surface area contributed by atoms with Crippen LogP contribution in [0.25, 0.3) is 0 Å². The first kappa shape index (κ1) is 13.9. The molecule has 0 bridgehead atoms. The van der Waals surface area contributed by atoms with E-state index in [9.17, 15) is 4.79 Å². The number of hydrogen-bond acceptors (Lipinski definition) is 4. The van der Waals surface area contributed by atoms with Gasteiger partial charge in [0.05, 0.1) is 13.7 Å². The van der Waals surface area contributed by atoms with Crippen molar-refractivity contribution in [3.8, 4) is 5.75 Å². The molecule has 1 heterocycles. The standard InChI is InChI=1S/C13H15BrO3S/c1-16-10-2-3-11(14)9(6-10)7-12(15)13-8-18-5-4-17-13/h2-3,6,13H,4-5,7-8H2,1H3. The van der Waals surface area contributed by atoms with E-state index in [0.29, 0.717) is 13.0 Å². The quantitative estimate of drug-likeness (QED) is 0.850. The summed E-state index contributed by atoms with van der Waals surface area (Å²) in [6.07, 6.45) is 0.116. The molecule has 98 valence electrons. The molecular formula is C13H15BrO3S. The van der Waals surface area contributed by atoms with Gasteiger partial charge in [-0.3, -0.25) is 4.79 Å². The first-order chi connectivity index (χ1) is 8.70. The number of hydrogen-bond donors (Lipinski definition) is 0. The fourth-order valence-corrected chi connectivity index (χ4v) is 3.05. The summed E-state index contributed by atoms with van der Waals surface area (Å²) in [6.45, 7) is 0.667. The summed E-state index contributed by atoms with van der Waals surface area (Å²) in [7, 11) is 1.62. The van der Waals surface area contributed by atoms with Crippen LogP contribution in [0.2, 0.25) is 0 Å². The van der Waals surface area contributed by atoms with Crippen LogP contribution in [0.4, 0.5) is 0 Å². The summed E-state index contributed by atoms with van der Waals surface area (Å²) >= 11 is 5.23. The highest BCUT2D eigenvalue weighted by Crippen LogP contribution is 2.24. The zero-order valence-electron chi connectivity index (χ0n) is 10.1. The van der Waals surface area contributed by atoms with Gasteiger partial charge < -0.3 is 9.47 Å². The number of rotatable bonds is 4. The van der Waals surface area contributed by atoms with Crippen LogP contribution in [0.1, 0.15) is 5.56 Å². The third kappa shape index (κ3) is 3.49. The summed E-state index contributed by atoms with van der Waals surface area (Å²) in [6, 6.07) is 5.65. The Morgan fingerprint density at radius 3 is 3.11 bits per heavy atom. The van der Waals surface area contributed by atoms with Crippen molar-refractivity contribution >= 4 is 33.5 Å². The van der Waals surface area contributed by atoms with Crippen molar-refractivity contribution in [1.29, 1.82) is 0 Å². The molecule has 0 N–H and O–H groups in total. The smallest absolute Gasteiger partial charge is 0.166 e. The van der Waals surface area contributed by atoms with E-state index in [2.05, 4.69) is 15.9 Å². The van der Waals surface area contributed by atoms with E-state index in [1.165, 1.54) is 0 Å². The molecule has 0 saturated carbocycles. The maximum absolute atomic E-state index is 12.1. The Kier molecular flexibility index (Phi) is 5.09. The molecule has 2 rings (SSSR count). The monoisotopic (exact) mass is 330 g/mol. The van der Waals surface area contributed by atoms with Gasteiger partial charge in [-0.25, -0.2) is 0 Å². The van der Waals surface area contributed by atoms with Crippen LogP contribution in [0, 0.1) is 0 Å². The van der Waals surface area contributed by atoms with Gasteiger partial charge in [0.1, 0.15) is 11.9 Å². The molecule has 1 unspecified atom stereocenters. The molecule has 1 aromatic carbocycles. The van der Waals surface area contributed by atoms with Crippen molar-refractivity contribution in [2.24, 2.45) is 0 Å². The third-order valence-corrected chi connectivity index (χ3v) is 4.56. The number of halogens is 1. The zero-order chi connectivity index (χ0) is 13.0. The van der Waals surface area contributed by atoms with Crippen LogP contribution < -0.4 is 4.74 Å². The average Bonchev–Trinajstić information content (AvgIpc) is 2.42. The third-order valence-electron chi connectivity index (χ3n) is 2.79. The Bertz CT molecular complexity index is 430. The second kappa shape index (κ2) is 6.59. The minimum absolute atomic E-state index is 0.135. The number of thioether (sulfide) groups is 1. The lowest BCUT2D eigenvalue weighted by molar-refractivity contribution is -0.128. The van der Waals surface area contributed by atoms with Crippen molar-refractivity contribution in [2.45, 2.75) is 12.5 Å². The molecule has 3 nitrogen and oxygen atoms in total. The predicted molar refractivity (Wildman–Crippen MR) is 76.5 cm³/mol. The van der Waals surface area contributed by atoms with Gasteiger partial charge in [-0.05, 0) is 23.8 Å². The fraction of sp³-hybridized carbons (Fsp3) is 0.462. The number of carbonyl (C=O) groups is 1. The maximum atomic E-state index is 12.1. The fourth-order valence-electron chi connectivity index (χ4n) is 1.79. The lowest BCUT2D eigenvalue weighted by Crippen LogP contribution is -2.32. The Morgan fingerprint density at radius 2 is 2.44 bits per heavy atom. The first-order valence-electron chi connectivity index (χ1n) is 5.75. The molecule has 1 aromatic rings. The highest BCUT2D eigenvalue weighted by atomic mass is 79.9. The Balaban J connectivity index is 2.05. The highest BCUT2D eigenvalue weighted by molar-refractivity contribution is 9.10. The van der Waals surface area contributed by atoms with E-state index in [1.807, 2.05) is 18.2 Å². The van der Waals surface area contributed by atoms with Crippen LogP contribution in [-0.4, -0.2) is 37.1 Å². The minimum atomic E-state index is -0.262. The predicted octanol–water partition coefficient (Wildman–Crippen LogP) is 2.70. The number of ether oxygens (including phenoxy) is 2. The Hall–Kier alpha value is -0.520. The lowest BCUT2D eigenvalue weighted by Gasteiger charge is -2.21. The van der Waals surface area contributed by atoms with Crippen LogP contribution in [0.5, 0.6) is 5.75 Å². The first-order valence-corrected chi connectivity index (χ1v) is 7.70. The van der Waals surface area contributed by atoms with Gasteiger partial charge in [0.2, 0.25) is 0 Å². The number of carbonyl (C=O) groups excluding carboxylic acids is 1. The van der Waals surface area contributed by atoms with Crippen LogP contribution >= 0.6 is 27.7 Å². The van der Waals surface area contributed by atoms with Crippen molar-refractivity contribution in [1.82, 2.24) is 0 Å². The summed E-state index contributed by atoms with van der Waals surface area (Å²) in [5.41, 5.74) is 0.943. The van der Waals surface area contributed by atoms with Gasteiger partial charge >= 0.3 is 0 Å². The minimum Gasteiger partial charge on any atom is -0.497 e. The van der Waals surface area contributed by atoms with E-state index in [1.54, 1.807) is 18.9 Å². The van der Waals surface area contributed by atoms with Gasteiger partial charge in [0, 0.05) is 22.4 Å². The summed E-state index contributed by atoms with van der Waals surface area (Å²) in [5.74, 6) is 2.64. The van der Waals surface area contributed by atoms with Gasteiger partial charge in [0.25, 0.3) is 0 Å². The molecule has 1 aliphatic heterocycles. The molecule has 1 fully saturated rings. The van der Waals surface area contributed by atoms with E-state index in [0.717, 1.165) is 27.3 Å². The molecule has 0 spiro atoms. The summed E-state index contributed by atoms with van der Waals surface area (Å²) in [4.78, 5) is 12.1. The molecule has 1 atom stereocenters. The van der Waals surface area contributed by atoms with Crippen LogP contribution in [-0.2, 0) is 16.0 Å². The van der Waals surface area contributed by atoms with Gasteiger partial charge in [-0.15, -0.1) is 0 Å². The number of methoxy groups -OCH3 is 1. The lowest BCUT2D eigenvalue weighted by atomic mass is 10.1. The van der Waals surface area contributed by atoms with Crippen LogP contribution in [0.3, 0.4) is 0 Å². The van der Waals surface area contributed by atoms with E-state index < -0.39 is 0 Å². The molecule has 1 aliphatic rings. The van der Waals surface area contributed by atoms with E-state index >= 15 is 0 Å². The SMILES string of the molecule is COc1ccc(Br)c(CC(=O)C2CSCCO2)c1. The summed E-state index contributed by atoms with van der Waals surface area (Å²) < 4.78 is 11.6. The zero-order valence-corrected chi connectivity index (χ0v) is 12.6. The van der Waals surface area contributed by atoms with Crippen molar-refractivity contribution in [2.75, 3.05) is 25.2 Å². The van der Waals surface area contributed by atoms with Gasteiger partial charge in [0.15, 0.2) is 5.78 Å². The maximum Gasteiger partial charge on any atom is 0.166 e. The Labute approximate surface area is 119 Å². The van der Waals surface area contributed by atoms with Crippen molar-refractivity contribution in [3.63, 3.8) is 0 Å².